The number of hydrogen-bond acceptors (Lipinski definition) is 8. The highest BCUT2D eigenvalue weighted by Gasteiger charge is 2.34. The van der Waals surface area contributed by atoms with Gasteiger partial charge >= 0.3 is 12.4 Å². The van der Waals surface area contributed by atoms with E-state index in [1.165, 1.54) is 50.6 Å². The molecule has 2 aromatic heterocycles. The van der Waals surface area contributed by atoms with Crippen molar-refractivity contribution < 1.29 is 45.4 Å². The van der Waals surface area contributed by atoms with E-state index in [0.717, 1.165) is 24.3 Å². The highest BCUT2D eigenvalue weighted by atomic mass is 19.4. The van der Waals surface area contributed by atoms with Crippen LogP contribution in [0.25, 0.3) is 45.0 Å². The van der Waals surface area contributed by atoms with Crippen LogP contribution in [-0.2, 0) is 12.4 Å². The van der Waals surface area contributed by atoms with Gasteiger partial charge in [-0.2, -0.15) is 26.3 Å². The zero-order valence-electron chi connectivity index (χ0n) is 26.9. The molecule has 0 saturated heterocycles. The highest BCUT2D eigenvalue weighted by molar-refractivity contribution is 6.22. The molecule has 6 aromatic rings. The number of alkyl halides is 6. The van der Waals surface area contributed by atoms with E-state index >= 15 is 0 Å². The Hall–Kier alpha value is -6.44. The number of carbonyl (C=O) groups is 2. The van der Waals surface area contributed by atoms with Crippen molar-refractivity contribution in [2.75, 3.05) is 14.2 Å². The number of benzene rings is 4. The van der Waals surface area contributed by atoms with E-state index in [1.807, 2.05) is 0 Å². The van der Waals surface area contributed by atoms with E-state index in [9.17, 15) is 35.9 Å². The van der Waals surface area contributed by atoms with E-state index in [2.05, 4.69) is 20.4 Å². The van der Waals surface area contributed by atoms with Gasteiger partial charge < -0.3 is 9.47 Å². The van der Waals surface area contributed by atoms with E-state index in [4.69, 9.17) is 9.47 Å². The van der Waals surface area contributed by atoms with Crippen LogP contribution in [0.5, 0.6) is 11.5 Å². The summed E-state index contributed by atoms with van der Waals surface area (Å²) >= 11 is 0. The Kier molecular flexibility index (Phi) is 8.32. The second kappa shape index (κ2) is 12.7. The summed E-state index contributed by atoms with van der Waals surface area (Å²) in [6.07, 6.45) is -8.91. The van der Waals surface area contributed by atoms with Crippen molar-refractivity contribution in [2.45, 2.75) is 12.4 Å². The normalized spacial score (nSPS) is 12.7. The monoisotopic (exact) mass is 712 g/mol. The molecular weight excluding hydrogens is 690 g/mol. The maximum atomic E-state index is 12.9. The third kappa shape index (κ3) is 6.12. The van der Waals surface area contributed by atoms with Crippen LogP contribution in [0.3, 0.4) is 0 Å². The number of nitrogens with zero attached hydrogens (tertiary/aromatic N) is 4. The second-order valence-corrected chi connectivity index (χ2v) is 11.6. The topological polar surface area (TPSA) is 104 Å². The van der Waals surface area contributed by atoms with Crippen LogP contribution in [0.4, 0.5) is 26.3 Å². The fraction of sp³-hybridized carbons (Fsp3) is 0.105. The van der Waals surface area contributed by atoms with Crippen LogP contribution in [0.1, 0.15) is 43.0 Å². The highest BCUT2D eigenvalue weighted by Crippen LogP contribution is 2.40. The molecule has 2 heterocycles. The van der Waals surface area contributed by atoms with Crippen molar-refractivity contribution in [3.8, 4) is 56.5 Å². The number of ether oxygens (including phenoxy) is 2. The van der Waals surface area contributed by atoms with Crippen molar-refractivity contribution in [1.82, 2.24) is 20.4 Å². The zero-order chi connectivity index (χ0) is 36.9. The van der Waals surface area contributed by atoms with Crippen LogP contribution in [0.2, 0.25) is 0 Å². The largest absolute Gasteiger partial charge is 0.497 e. The number of methoxy groups -OCH3 is 2. The van der Waals surface area contributed by atoms with Crippen molar-refractivity contribution in [2.24, 2.45) is 0 Å². The first-order chi connectivity index (χ1) is 24.8. The first-order valence-corrected chi connectivity index (χ1v) is 15.3. The molecule has 8 nitrogen and oxygen atoms in total. The number of ketones is 2. The van der Waals surface area contributed by atoms with Crippen molar-refractivity contribution in [3.63, 3.8) is 0 Å². The Morgan fingerprint density at radius 3 is 1.23 bits per heavy atom. The van der Waals surface area contributed by atoms with Crippen LogP contribution < -0.4 is 9.47 Å². The molecular formula is C38H22F6N4O4. The lowest BCUT2D eigenvalue weighted by Gasteiger charge is -2.08. The molecule has 0 saturated carbocycles. The third-order valence-electron chi connectivity index (χ3n) is 8.50. The minimum absolute atomic E-state index is 0.211. The fourth-order valence-electron chi connectivity index (χ4n) is 5.90. The van der Waals surface area contributed by atoms with Crippen LogP contribution in [0, 0.1) is 0 Å². The Morgan fingerprint density at radius 2 is 0.865 bits per heavy atom. The Bertz CT molecular complexity index is 2260. The summed E-state index contributed by atoms with van der Waals surface area (Å²) in [7, 11) is 3.03. The molecule has 260 valence electrons. The molecule has 0 N–H and O–H groups in total. The lowest BCUT2D eigenvalue weighted by atomic mass is 10.1. The standard InChI is InChI=1S/2C19H11F3N2O2/c2*1-26-12-5-6-13-14(8-12)17-15(18(13)25)9-16(23-24-17)10-3-2-4-11(7-10)19(20,21)22/h2*2-9H,1H3. The molecule has 0 aliphatic heterocycles. The molecule has 0 atom stereocenters. The Labute approximate surface area is 290 Å². The van der Waals surface area contributed by atoms with Gasteiger partial charge in [-0.1, -0.05) is 24.3 Å². The number of hydrogen-bond donors (Lipinski definition) is 0. The van der Waals surface area contributed by atoms with Crippen LogP contribution in [-0.4, -0.2) is 46.2 Å². The van der Waals surface area contributed by atoms with Crippen molar-refractivity contribution >= 4 is 11.6 Å². The second-order valence-electron chi connectivity index (χ2n) is 11.6. The number of rotatable bonds is 4. The molecule has 0 spiro atoms. The van der Waals surface area contributed by atoms with E-state index in [-0.39, 0.29) is 34.1 Å². The number of halogens is 6. The van der Waals surface area contributed by atoms with Gasteiger partial charge in [-0.05, 0) is 72.8 Å². The molecule has 0 fully saturated rings. The lowest BCUT2D eigenvalue weighted by molar-refractivity contribution is -0.138. The van der Waals surface area contributed by atoms with Gasteiger partial charge in [0.15, 0.2) is 11.6 Å². The molecule has 52 heavy (non-hydrogen) atoms. The van der Waals surface area contributed by atoms with Gasteiger partial charge in [0.2, 0.25) is 0 Å². The van der Waals surface area contributed by atoms with Gasteiger partial charge in [0.25, 0.3) is 0 Å². The molecule has 0 bridgehead atoms. The number of fused-ring (bicyclic) bond motifs is 6. The minimum Gasteiger partial charge on any atom is -0.497 e. The van der Waals surface area contributed by atoms with Crippen LogP contribution >= 0.6 is 0 Å². The summed E-state index contributed by atoms with van der Waals surface area (Å²) in [6, 6.07) is 22.5. The molecule has 14 heteroatoms. The summed E-state index contributed by atoms with van der Waals surface area (Å²) in [4.78, 5) is 25.2. The van der Waals surface area contributed by atoms with Crippen molar-refractivity contribution in [3.05, 3.63) is 130 Å². The van der Waals surface area contributed by atoms with Gasteiger partial charge in [-0.25, -0.2) is 0 Å². The molecule has 0 unspecified atom stereocenters. The number of carbonyl (C=O) groups excluding carboxylic acids is 2. The summed E-state index contributed by atoms with van der Waals surface area (Å²) in [6.45, 7) is 0. The molecule has 8 rings (SSSR count). The minimum atomic E-state index is -4.46. The zero-order valence-corrected chi connectivity index (χ0v) is 26.9. The summed E-state index contributed by atoms with van der Waals surface area (Å²) < 4.78 is 87.8. The smallest absolute Gasteiger partial charge is 0.416 e. The fourth-order valence-corrected chi connectivity index (χ4v) is 5.90. The van der Waals surface area contributed by atoms with E-state index in [0.29, 0.717) is 56.3 Å². The van der Waals surface area contributed by atoms with Crippen molar-refractivity contribution in [1.29, 1.82) is 0 Å². The average molecular weight is 713 g/mol. The van der Waals surface area contributed by atoms with Gasteiger partial charge in [-0.15, -0.1) is 20.4 Å². The summed E-state index contributed by atoms with van der Waals surface area (Å²) in [5.74, 6) is 0.683. The average Bonchev–Trinajstić information content (AvgIpc) is 3.59. The first kappa shape index (κ1) is 34.0. The predicted octanol–water partition coefficient (Wildman–Crippen LogP) is 8.76. The third-order valence-corrected chi connectivity index (χ3v) is 8.50. The molecule has 2 aliphatic rings. The Balaban J connectivity index is 0.000000162. The van der Waals surface area contributed by atoms with E-state index in [1.54, 1.807) is 36.4 Å². The maximum Gasteiger partial charge on any atom is 0.416 e. The number of aromatic nitrogens is 4. The molecule has 2 aliphatic carbocycles. The summed E-state index contributed by atoms with van der Waals surface area (Å²) in [5.41, 5.74) is 2.94. The predicted molar refractivity (Wildman–Crippen MR) is 176 cm³/mol. The molecule has 0 radical (unpaired) electrons. The van der Waals surface area contributed by atoms with E-state index < -0.39 is 23.5 Å². The summed E-state index contributed by atoms with van der Waals surface area (Å²) in [5, 5.41) is 16.2. The lowest BCUT2D eigenvalue weighted by Crippen LogP contribution is -2.05. The van der Waals surface area contributed by atoms with Gasteiger partial charge in [0.05, 0.1) is 47.9 Å². The first-order valence-electron chi connectivity index (χ1n) is 15.3. The quantitative estimate of drug-likeness (QED) is 0.167. The molecule has 4 aromatic carbocycles. The Morgan fingerprint density at radius 1 is 0.462 bits per heavy atom. The van der Waals surface area contributed by atoms with Gasteiger partial charge in [0, 0.05) is 33.4 Å². The van der Waals surface area contributed by atoms with Gasteiger partial charge in [0.1, 0.15) is 22.9 Å². The van der Waals surface area contributed by atoms with Gasteiger partial charge in [-0.3, -0.25) is 9.59 Å². The SMILES string of the molecule is COc1ccc2c(c1)-c1nnc(-c3cccc(C(F)(F)F)c3)cc1C2=O.COc1ccc2c(c1)-c1nnc(-c3cccc(C(F)(F)F)c3)cc1C2=O. The van der Waals surface area contributed by atoms with Crippen LogP contribution in [0.15, 0.2) is 97.1 Å². The molecule has 0 amide bonds. The maximum absolute atomic E-state index is 12.9.